The summed E-state index contributed by atoms with van der Waals surface area (Å²) in [6.45, 7) is 11.1. The van der Waals surface area contributed by atoms with Gasteiger partial charge in [-0.1, -0.05) is 43.9 Å². The monoisotopic (exact) mass is 595 g/mol. The van der Waals surface area contributed by atoms with Crippen LogP contribution in [0.5, 0.6) is 11.5 Å². The van der Waals surface area contributed by atoms with Crippen LogP contribution >= 0.6 is 24.0 Å². The number of carbonyl (C=O) groups is 1. The molecule has 1 aromatic heterocycles. The van der Waals surface area contributed by atoms with Crippen LogP contribution in [0, 0.1) is 18.3 Å². The number of amides is 1. The number of hydrogen-bond acceptors (Lipinski definition) is 9. The molecule has 2 fully saturated rings. The Kier molecular flexibility index (Phi) is 10.1. The number of ether oxygens (including phenoxy) is 2. The number of hydrogen-bond donors (Lipinski definition) is 0. The average molecular weight is 596 g/mol. The zero-order valence-corrected chi connectivity index (χ0v) is 26.0. The zero-order chi connectivity index (χ0) is 29.7. The molecule has 0 aliphatic carbocycles. The molecule has 11 heteroatoms. The van der Waals surface area contributed by atoms with E-state index in [1.807, 2.05) is 31.2 Å². The van der Waals surface area contributed by atoms with Gasteiger partial charge in [-0.25, -0.2) is 0 Å². The van der Waals surface area contributed by atoms with E-state index >= 15 is 0 Å². The van der Waals surface area contributed by atoms with Crippen LogP contribution in [0.1, 0.15) is 42.5 Å². The molecule has 218 valence electrons. The quantitative estimate of drug-likeness (QED) is 0.298. The maximum atomic E-state index is 13.6. The summed E-state index contributed by atoms with van der Waals surface area (Å²) in [5, 5.41) is 9.91. The lowest BCUT2D eigenvalue weighted by molar-refractivity contribution is -0.122. The summed E-state index contributed by atoms with van der Waals surface area (Å²) < 4.78 is 12.9. The Balaban J connectivity index is 1.69. The molecule has 4 rings (SSSR count). The highest BCUT2D eigenvalue weighted by molar-refractivity contribution is 8.26. The van der Waals surface area contributed by atoms with Crippen LogP contribution in [0.25, 0.3) is 6.08 Å². The van der Waals surface area contributed by atoms with E-state index in [9.17, 15) is 14.9 Å². The van der Waals surface area contributed by atoms with Gasteiger partial charge in [-0.2, -0.15) is 5.26 Å². The summed E-state index contributed by atoms with van der Waals surface area (Å²) in [6, 6.07) is 7.82. The van der Waals surface area contributed by atoms with Gasteiger partial charge < -0.3 is 19.3 Å². The summed E-state index contributed by atoms with van der Waals surface area (Å²) in [5.74, 6) is 1.88. The van der Waals surface area contributed by atoms with E-state index in [-0.39, 0.29) is 17.0 Å². The predicted octanol–water partition coefficient (Wildman–Crippen LogP) is 4.04. The summed E-state index contributed by atoms with van der Waals surface area (Å²) in [7, 11) is 3.19. The minimum atomic E-state index is -0.278. The van der Waals surface area contributed by atoms with Gasteiger partial charge in [-0.15, -0.1) is 0 Å². The summed E-state index contributed by atoms with van der Waals surface area (Å²) in [4.78, 5) is 33.8. The van der Waals surface area contributed by atoms with E-state index in [4.69, 9.17) is 21.7 Å². The van der Waals surface area contributed by atoms with Gasteiger partial charge in [0.15, 0.2) is 11.5 Å². The van der Waals surface area contributed by atoms with Gasteiger partial charge in [0.2, 0.25) is 0 Å². The molecule has 2 aromatic rings. The van der Waals surface area contributed by atoms with Crippen molar-refractivity contribution in [1.29, 1.82) is 5.26 Å². The fourth-order valence-electron chi connectivity index (χ4n) is 5.29. The second kappa shape index (κ2) is 13.6. The molecule has 0 bridgehead atoms. The largest absolute Gasteiger partial charge is 0.493 e. The first-order valence-electron chi connectivity index (χ1n) is 13.9. The van der Waals surface area contributed by atoms with E-state index < -0.39 is 0 Å². The number of aromatic nitrogens is 1. The fraction of sp³-hybridized carbons (Fsp3) is 0.467. The van der Waals surface area contributed by atoms with Gasteiger partial charge >= 0.3 is 0 Å². The molecule has 2 aliphatic heterocycles. The van der Waals surface area contributed by atoms with Crippen LogP contribution < -0.4 is 19.9 Å². The van der Waals surface area contributed by atoms with Crippen LogP contribution in [0.3, 0.4) is 0 Å². The first kappa shape index (κ1) is 30.6. The third kappa shape index (κ3) is 6.30. The van der Waals surface area contributed by atoms with E-state index in [2.05, 4.69) is 22.8 Å². The average Bonchev–Trinajstić information content (AvgIpc) is 3.25. The van der Waals surface area contributed by atoms with Crippen LogP contribution in [0.4, 0.5) is 5.82 Å². The van der Waals surface area contributed by atoms with Gasteiger partial charge in [-0.05, 0) is 55.6 Å². The molecule has 0 unspecified atom stereocenters. The van der Waals surface area contributed by atoms with Crippen LogP contribution in [0.2, 0.25) is 0 Å². The molecule has 2 aliphatic rings. The summed E-state index contributed by atoms with van der Waals surface area (Å²) in [5.41, 5.74) is 2.16. The van der Waals surface area contributed by atoms with Crippen molar-refractivity contribution in [3.8, 4) is 17.6 Å². The van der Waals surface area contributed by atoms with Gasteiger partial charge in [0.1, 0.15) is 21.8 Å². The number of nitriles is 1. The Hall–Kier alpha value is -3.33. The van der Waals surface area contributed by atoms with Crippen LogP contribution in [-0.2, 0) is 17.8 Å². The molecule has 41 heavy (non-hydrogen) atoms. The lowest BCUT2D eigenvalue weighted by Gasteiger charge is -2.37. The number of benzene rings is 1. The smallest absolute Gasteiger partial charge is 0.270 e. The second-order valence-electron chi connectivity index (χ2n) is 10.00. The lowest BCUT2D eigenvalue weighted by Crippen LogP contribution is -2.48. The molecule has 3 heterocycles. The number of thiocarbonyl (C=S) groups is 1. The summed E-state index contributed by atoms with van der Waals surface area (Å²) in [6.07, 6.45) is 3.17. The zero-order valence-electron chi connectivity index (χ0n) is 24.4. The van der Waals surface area contributed by atoms with Crippen LogP contribution in [-0.4, -0.2) is 78.1 Å². The maximum Gasteiger partial charge on any atom is 0.270 e. The molecule has 1 aromatic carbocycles. The Morgan fingerprint density at radius 2 is 1.78 bits per heavy atom. The molecule has 0 saturated carbocycles. The Morgan fingerprint density at radius 1 is 1.07 bits per heavy atom. The number of rotatable bonds is 10. The van der Waals surface area contributed by atoms with Gasteiger partial charge in [0.25, 0.3) is 11.5 Å². The minimum absolute atomic E-state index is 0.115. The van der Waals surface area contributed by atoms with Gasteiger partial charge in [0.05, 0.1) is 19.1 Å². The molecule has 2 saturated heterocycles. The Bertz CT molecular complexity index is 1450. The lowest BCUT2D eigenvalue weighted by atomic mass is 10.0. The number of thioether (sulfide) groups is 1. The van der Waals surface area contributed by atoms with Crippen molar-refractivity contribution in [1.82, 2.24) is 14.4 Å². The van der Waals surface area contributed by atoms with Crippen molar-refractivity contribution in [2.24, 2.45) is 0 Å². The number of nitrogens with zero attached hydrogens (tertiary/aromatic N) is 5. The van der Waals surface area contributed by atoms with Crippen molar-refractivity contribution in [2.75, 3.05) is 58.4 Å². The number of carbonyl (C=O) groups excluding carboxylic acids is 1. The van der Waals surface area contributed by atoms with Crippen molar-refractivity contribution in [3.05, 3.63) is 55.7 Å². The third-order valence-corrected chi connectivity index (χ3v) is 9.01. The van der Waals surface area contributed by atoms with Crippen molar-refractivity contribution in [3.63, 3.8) is 0 Å². The maximum absolute atomic E-state index is 13.6. The van der Waals surface area contributed by atoms with E-state index in [1.54, 1.807) is 30.6 Å². The number of likely N-dealkylation sites (N-methyl/N-ethyl adjacent to an activating group) is 1. The highest BCUT2D eigenvalue weighted by Gasteiger charge is 2.33. The Morgan fingerprint density at radius 3 is 2.39 bits per heavy atom. The summed E-state index contributed by atoms with van der Waals surface area (Å²) >= 11 is 6.89. The topological polar surface area (TPSA) is 91.0 Å². The van der Waals surface area contributed by atoms with E-state index in [1.165, 1.54) is 11.8 Å². The number of piperazine rings is 1. The molecular formula is C30H37N5O4S2. The van der Waals surface area contributed by atoms with Crippen molar-refractivity contribution in [2.45, 2.75) is 40.2 Å². The highest BCUT2D eigenvalue weighted by Crippen LogP contribution is 2.36. The molecule has 0 atom stereocenters. The molecular weight excluding hydrogens is 558 g/mol. The Labute approximate surface area is 251 Å². The van der Waals surface area contributed by atoms with E-state index in [0.717, 1.165) is 56.1 Å². The van der Waals surface area contributed by atoms with Crippen molar-refractivity contribution >= 4 is 46.1 Å². The normalized spacial score (nSPS) is 16.9. The fourth-order valence-corrected chi connectivity index (χ4v) is 6.58. The number of anilines is 1. The third-order valence-electron chi connectivity index (χ3n) is 7.63. The SMILES string of the molecule is CCCn1c(N2CCN(CC)CC2)c(/C=C2/SC(=S)N(CCc3ccc(OC)c(OC)c3)C2=O)c(C)c(C#N)c1=O. The second-order valence-corrected chi connectivity index (χ2v) is 11.7. The predicted molar refractivity (Wildman–Crippen MR) is 168 cm³/mol. The first-order chi connectivity index (χ1) is 19.8. The molecule has 1 amide bonds. The highest BCUT2D eigenvalue weighted by atomic mass is 32.2. The molecule has 0 spiro atoms. The molecule has 0 radical (unpaired) electrons. The first-order valence-corrected chi connectivity index (χ1v) is 15.1. The minimum Gasteiger partial charge on any atom is -0.493 e. The number of pyridine rings is 1. The van der Waals surface area contributed by atoms with E-state index in [0.29, 0.717) is 45.8 Å². The van der Waals surface area contributed by atoms with Crippen molar-refractivity contribution < 1.29 is 14.3 Å². The van der Waals surface area contributed by atoms with Gasteiger partial charge in [0, 0.05) is 44.8 Å². The number of methoxy groups -OCH3 is 2. The standard InChI is InChI=1S/C30H37N5O4S2/c1-6-11-34-27(33-15-13-32(7-2)14-16-33)22(20(3)23(19-31)28(34)36)18-26-29(37)35(30(40)41-26)12-10-21-8-9-24(38-4)25(17-21)39-5/h8-9,17-18H,6-7,10-16H2,1-5H3/b26-18+. The molecule has 9 nitrogen and oxygen atoms in total. The van der Waals surface area contributed by atoms with Gasteiger partial charge in [-0.3, -0.25) is 19.1 Å². The van der Waals surface area contributed by atoms with Crippen LogP contribution in [0.15, 0.2) is 27.9 Å². The molecule has 0 N–H and O–H groups in total.